The molecule has 1 heterocycles. The van der Waals surface area contributed by atoms with Crippen molar-refractivity contribution in [2.75, 3.05) is 20.3 Å². The van der Waals surface area contributed by atoms with Crippen LogP contribution < -0.4 is 14.8 Å². The normalized spacial score (nSPS) is 14.2. The van der Waals surface area contributed by atoms with Gasteiger partial charge in [0.2, 0.25) is 0 Å². The van der Waals surface area contributed by atoms with E-state index in [4.69, 9.17) is 9.47 Å². The summed E-state index contributed by atoms with van der Waals surface area (Å²) in [6, 6.07) is 11.0. The van der Waals surface area contributed by atoms with Crippen molar-refractivity contribution < 1.29 is 28.6 Å². The molecule has 0 saturated carbocycles. The highest BCUT2D eigenvalue weighted by Gasteiger charge is 2.35. The maximum Gasteiger partial charge on any atom is 0.329 e. The van der Waals surface area contributed by atoms with Gasteiger partial charge in [0.15, 0.2) is 11.5 Å². The lowest BCUT2D eigenvalue weighted by molar-refractivity contribution is -0.143. The number of rotatable bonds is 10. The summed E-state index contributed by atoms with van der Waals surface area (Å²) in [5, 5.41) is 2.50. The number of aryl methyl sites for hydroxylation is 1. The first-order valence-electron chi connectivity index (χ1n) is 10.9. The summed E-state index contributed by atoms with van der Waals surface area (Å²) in [6.07, 6.45) is 3.80. The van der Waals surface area contributed by atoms with Crippen LogP contribution in [0.25, 0.3) is 6.08 Å². The van der Waals surface area contributed by atoms with E-state index in [-0.39, 0.29) is 5.70 Å². The number of methoxy groups -OCH3 is 1. The topological polar surface area (TPSA) is 94.2 Å². The van der Waals surface area contributed by atoms with Gasteiger partial charge in [0.1, 0.15) is 18.8 Å². The lowest BCUT2D eigenvalue weighted by Gasteiger charge is -2.17. The zero-order valence-electron chi connectivity index (χ0n) is 19.6. The predicted octanol–water partition coefficient (Wildman–Crippen LogP) is 3.77. The second-order valence-corrected chi connectivity index (χ2v) is 7.66. The van der Waals surface area contributed by atoms with E-state index in [0.29, 0.717) is 36.7 Å². The molecule has 0 aromatic heterocycles. The molecular weight excluding hydrogens is 436 g/mol. The molecule has 34 heavy (non-hydrogen) atoms. The van der Waals surface area contributed by atoms with Crippen molar-refractivity contribution in [2.24, 2.45) is 0 Å². The van der Waals surface area contributed by atoms with E-state index in [0.717, 1.165) is 16.0 Å². The maximum atomic E-state index is 12.6. The summed E-state index contributed by atoms with van der Waals surface area (Å²) >= 11 is 0. The van der Waals surface area contributed by atoms with Gasteiger partial charge >= 0.3 is 12.0 Å². The zero-order chi connectivity index (χ0) is 24.7. The number of amides is 3. The molecule has 0 atom stereocenters. The fourth-order valence-electron chi connectivity index (χ4n) is 3.42. The lowest BCUT2D eigenvalue weighted by atomic mass is 10.0. The number of carbonyl (C=O) groups excluding carboxylic acids is 3. The number of hydrogen-bond donors (Lipinski definition) is 1. The van der Waals surface area contributed by atoms with Gasteiger partial charge in [0, 0.05) is 5.56 Å². The Hall–Kier alpha value is -4.07. The molecule has 1 N–H and O–H groups in total. The molecule has 3 amide bonds. The standard InChI is InChI=1S/C26H28N2O6/c1-5-7-20-12-19(13-21-25(30)28(26(31)27-21)15-23(29)32-4)14-22(33-6-2)24(20)34-16-18-10-8-17(3)9-11-18/h5,8-14H,1,6-7,15-16H2,2-4H3,(H,27,31)/b21-13+. The molecule has 2 aromatic carbocycles. The van der Waals surface area contributed by atoms with Crippen molar-refractivity contribution in [1.29, 1.82) is 0 Å². The van der Waals surface area contributed by atoms with Crippen molar-refractivity contribution in [2.45, 2.75) is 26.9 Å². The molecule has 0 aliphatic carbocycles. The minimum atomic E-state index is -0.688. The summed E-state index contributed by atoms with van der Waals surface area (Å²) in [4.78, 5) is 37.1. The summed E-state index contributed by atoms with van der Waals surface area (Å²) in [6.45, 7) is 8.04. The van der Waals surface area contributed by atoms with Gasteiger partial charge < -0.3 is 19.5 Å². The molecule has 1 fully saturated rings. The van der Waals surface area contributed by atoms with Crippen LogP contribution in [-0.4, -0.2) is 43.1 Å². The smallest absolute Gasteiger partial charge is 0.329 e. The van der Waals surface area contributed by atoms with Gasteiger partial charge in [-0.25, -0.2) is 9.69 Å². The Bertz CT molecular complexity index is 1120. The van der Waals surface area contributed by atoms with Crippen molar-refractivity contribution in [3.05, 3.63) is 77.0 Å². The fourth-order valence-corrected chi connectivity index (χ4v) is 3.42. The number of nitrogens with one attached hydrogen (secondary N) is 1. The number of allylic oxidation sites excluding steroid dienone is 1. The number of esters is 1. The zero-order valence-corrected chi connectivity index (χ0v) is 19.6. The number of urea groups is 1. The molecule has 8 nitrogen and oxygen atoms in total. The number of benzene rings is 2. The monoisotopic (exact) mass is 464 g/mol. The minimum Gasteiger partial charge on any atom is -0.490 e. The molecular formula is C26H28N2O6. The first-order valence-corrected chi connectivity index (χ1v) is 10.9. The Morgan fingerprint density at radius 3 is 2.53 bits per heavy atom. The number of nitrogens with zero attached hydrogens (tertiary/aromatic N) is 1. The van der Waals surface area contributed by atoms with E-state index >= 15 is 0 Å². The Labute approximate surface area is 198 Å². The molecule has 0 spiro atoms. The summed E-state index contributed by atoms with van der Waals surface area (Å²) < 4.78 is 16.5. The summed E-state index contributed by atoms with van der Waals surface area (Å²) in [5.41, 5.74) is 3.69. The molecule has 1 saturated heterocycles. The second-order valence-electron chi connectivity index (χ2n) is 7.66. The first-order chi connectivity index (χ1) is 16.4. The van der Waals surface area contributed by atoms with E-state index in [1.807, 2.05) is 44.2 Å². The quantitative estimate of drug-likeness (QED) is 0.249. The largest absolute Gasteiger partial charge is 0.490 e. The summed E-state index contributed by atoms with van der Waals surface area (Å²) in [7, 11) is 1.19. The molecule has 0 unspecified atom stereocenters. The first kappa shape index (κ1) is 24.6. The Morgan fingerprint density at radius 2 is 1.88 bits per heavy atom. The highest BCUT2D eigenvalue weighted by molar-refractivity contribution is 6.15. The van der Waals surface area contributed by atoms with Crippen LogP contribution in [0.15, 0.2) is 54.8 Å². The van der Waals surface area contributed by atoms with Crippen molar-refractivity contribution in [1.82, 2.24) is 10.2 Å². The van der Waals surface area contributed by atoms with Crippen LogP contribution in [0, 0.1) is 6.92 Å². The molecule has 2 aromatic rings. The summed E-state index contributed by atoms with van der Waals surface area (Å²) in [5.74, 6) is -0.187. The van der Waals surface area contributed by atoms with Gasteiger partial charge in [0.25, 0.3) is 5.91 Å². The van der Waals surface area contributed by atoms with Crippen molar-refractivity contribution in [3.63, 3.8) is 0 Å². The van der Waals surface area contributed by atoms with Crippen molar-refractivity contribution in [3.8, 4) is 11.5 Å². The van der Waals surface area contributed by atoms with E-state index < -0.39 is 24.5 Å². The van der Waals surface area contributed by atoms with E-state index in [1.54, 1.807) is 12.1 Å². The molecule has 8 heteroatoms. The van der Waals surface area contributed by atoms with Crippen LogP contribution in [0.3, 0.4) is 0 Å². The van der Waals surface area contributed by atoms with Gasteiger partial charge in [0.05, 0.1) is 13.7 Å². The number of ether oxygens (including phenoxy) is 3. The van der Waals surface area contributed by atoms with E-state index in [1.165, 1.54) is 18.7 Å². The highest BCUT2D eigenvalue weighted by atomic mass is 16.5. The molecule has 0 bridgehead atoms. The fraction of sp³-hybridized carbons (Fsp3) is 0.269. The molecule has 3 rings (SSSR count). The van der Waals surface area contributed by atoms with Gasteiger partial charge in [-0.15, -0.1) is 6.58 Å². The van der Waals surface area contributed by atoms with Gasteiger partial charge in [-0.1, -0.05) is 35.9 Å². The van der Waals surface area contributed by atoms with Crippen LogP contribution in [0.4, 0.5) is 4.79 Å². The average molecular weight is 465 g/mol. The average Bonchev–Trinajstić information content (AvgIpc) is 3.07. The third-order valence-corrected chi connectivity index (χ3v) is 5.11. The van der Waals surface area contributed by atoms with Crippen LogP contribution >= 0.6 is 0 Å². The predicted molar refractivity (Wildman–Crippen MR) is 127 cm³/mol. The van der Waals surface area contributed by atoms with Gasteiger partial charge in [-0.05, 0) is 49.6 Å². The van der Waals surface area contributed by atoms with Crippen LogP contribution in [-0.2, 0) is 27.4 Å². The Balaban J connectivity index is 1.92. The third-order valence-electron chi connectivity index (χ3n) is 5.11. The Kier molecular flexibility index (Phi) is 8.08. The molecule has 178 valence electrons. The van der Waals surface area contributed by atoms with Gasteiger partial charge in [-0.3, -0.25) is 9.59 Å². The molecule has 1 aliphatic rings. The highest BCUT2D eigenvalue weighted by Crippen LogP contribution is 2.35. The molecule has 0 radical (unpaired) electrons. The number of hydrogen-bond acceptors (Lipinski definition) is 6. The van der Waals surface area contributed by atoms with Crippen LogP contribution in [0.1, 0.15) is 29.2 Å². The van der Waals surface area contributed by atoms with E-state index in [2.05, 4.69) is 16.6 Å². The number of carbonyl (C=O) groups is 3. The second kappa shape index (κ2) is 11.2. The van der Waals surface area contributed by atoms with E-state index in [9.17, 15) is 14.4 Å². The lowest BCUT2D eigenvalue weighted by Crippen LogP contribution is -2.36. The number of imide groups is 1. The minimum absolute atomic E-state index is 0.0502. The maximum absolute atomic E-state index is 12.6. The van der Waals surface area contributed by atoms with Crippen molar-refractivity contribution >= 4 is 24.0 Å². The van der Waals surface area contributed by atoms with Gasteiger partial charge in [-0.2, -0.15) is 0 Å². The SMILES string of the molecule is C=CCc1cc(/C=C2/NC(=O)N(CC(=O)OC)C2=O)cc(OCC)c1OCc1ccc(C)cc1. The third kappa shape index (κ3) is 5.83. The molecule has 1 aliphatic heterocycles. The van der Waals surface area contributed by atoms with Crippen LogP contribution in [0.5, 0.6) is 11.5 Å². The Morgan fingerprint density at radius 1 is 1.15 bits per heavy atom. The van der Waals surface area contributed by atoms with Crippen LogP contribution in [0.2, 0.25) is 0 Å².